The zero-order chi connectivity index (χ0) is 8.15. The lowest BCUT2D eigenvalue weighted by Gasteiger charge is -1.95. The minimum atomic E-state index is 0.301. The van der Waals surface area contributed by atoms with Gasteiger partial charge in [-0.3, -0.25) is 0 Å². The molecular formula is C9H14O. The molecule has 1 nitrogen and oxygen atoms in total. The van der Waals surface area contributed by atoms with E-state index in [1.807, 2.05) is 20.8 Å². The standard InChI is InChI=1S/C9H14O/c1-5-8(4)9(10)6-7(2)3/h5-6,10H,1H2,2-4H3/b9-8+. The summed E-state index contributed by atoms with van der Waals surface area (Å²) >= 11 is 0. The first-order valence-electron chi connectivity index (χ1n) is 3.25. The molecule has 0 bridgehead atoms. The number of allylic oxidation sites excluding steroid dienone is 4. The van der Waals surface area contributed by atoms with Gasteiger partial charge in [0.2, 0.25) is 0 Å². The highest BCUT2D eigenvalue weighted by Gasteiger charge is 1.90. The molecule has 0 amide bonds. The lowest BCUT2D eigenvalue weighted by Crippen LogP contribution is -1.80. The van der Waals surface area contributed by atoms with Crippen molar-refractivity contribution in [2.75, 3.05) is 0 Å². The van der Waals surface area contributed by atoms with Gasteiger partial charge in [-0.25, -0.2) is 0 Å². The van der Waals surface area contributed by atoms with Crippen LogP contribution < -0.4 is 0 Å². The number of rotatable bonds is 2. The maximum absolute atomic E-state index is 9.22. The first-order valence-corrected chi connectivity index (χ1v) is 3.25. The van der Waals surface area contributed by atoms with Gasteiger partial charge < -0.3 is 5.11 Å². The van der Waals surface area contributed by atoms with Gasteiger partial charge in [0.1, 0.15) is 5.76 Å². The maximum atomic E-state index is 9.22. The molecule has 0 unspecified atom stereocenters. The van der Waals surface area contributed by atoms with Crippen LogP contribution in [-0.4, -0.2) is 5.11 Å². The van der Waals surface area contributed by atoms with Crippen LogP contribution in [-0.2, 0) is 0 Å². The van der Waals surface area contributed by atoms with E-state index in [0.717, 1.165) is 11.1 Å². The molecule has 56 valence electrons. The second-order valence-corrected chi connectivity index (χ2v) is 2.49. The second kappa shape index (κ2) is 3.94. The number of hydrogen-bond donors (Lipinski definition) is 1. The predicted octanol–water partition coefficient (Wildman–Crippen LogP) is 2.97. The fourth-order valence-corrected chi connectivity index (χ4v) is 0.492. The van der Waals surface area contributed by atoms with E-state index < -0.39 is 0 Å². The Hall–Kier alpha value is -0.980. The van der Waals surface area contributed by atoms with Gasteiger partial charge in [0.25, 0.3) is 0 Å². The highest BCUT2D eigenvalue weighted by atomic mass is 16.3. The Balaban J connectivity index is 4.48. The summed E-state index contributed by atoms with van der Waals surface area (Å²) < 4.78 is 0. The van der Waals surface area contributed by atoms with Gasteiger partial charge in [-0.15, -0.1) is 0 Å². The van der Waals surface area contributed by atoms with E-state index in [1.165, 1.54) is 0 Å². The third kappa shape index (κ3) is 3.13. The minimum Gasteiger partial charge on any atom is -0.508 e. The summed E-state index contributed by atoms with van der Waals surface area (Å²) in [7, 11) is 0. The summed E-state index contributed by atoms with van der Waals surface area (Å²) in [6.07, 6.45) is 3.35. The molecule has 0 aliphatic heterocycles. The maximum Gasteiger partial charge on any atom is 0.118 e. The monoisotopic (exact) mass is 138 g/mol. The molecule has 0 saturated carbocycles. The number of hydrogen-bond acceptors (Lipinski definition) is 1. The van der Waals surface area contributed by atoms with Crippen molar-refractivity contribution in [2.45, 2.75) is 20.8 Å². The quantitative estimate of drug-likeness (QED) is 0.459. The molecule has 10 heavy (non-hydrogen) atoms. The van der Waals surface area contributed by atoms with Gasteiger partial charge in [0, 0.05) is 0 Å². The average Bonchev–Trinajstić information content (AvgIpc) is 1.85. The van der Waals surface area contributed by atoms with Crippen molar-refractivity contribution >= 4 is 0 Å². The summed E-state index contributed by atoms with van der Waals surface area (Å²) in [5.41, 5.74) is 1.89. The van der Waals surface area contributed by atoms with E-state index in [0.29, 0.717) is 5.76 Å². The highest BCUT2D eigenvalue weighted by Crippen LogP contribution is 2.05. The largest absolute Gasteiger partial charge is 0.508 e. The van der Waals surface area contributed by atoms with Crippen LogP contribution in [0.1, 0.15) is 20.8 Å². The first-order chi connectivity index (χ1) is 4.57. The van der Waals surface area contributed by atoms with Crippen LogP contribution in [0.2, 0.25) is 0 Å². The second-order valence-electron chi connectivity index (χ2n) is 2.49. The lowest BCUT2D eigenvalue weighted by molar-refractivity contribution is 0.427. The molecule has 0 aromatic rings. The van der Waals surface area contributed by atoms with Crippen molar-refractivity contribution in [3.63, 3.8) is 0 Å². The lowest BCUT2D eigenvalue weighted by atomic mass is 10.2. The van der Waals surface area contributed by atoms with Crippen molar-refractivity contribution in [3.8, 4) is 0 Å². The molecular weight excluding hydrogens is 124 g/mol. The molecule has 0 atom stereocenters. The van der Waals surface area contributed by atoms with Crippen molar-refractivity contribution in [1.82, 2.24) is 0 Å². The molecule has 0 spiro atoms. The third-order valence-electron chi connectivity index (χ3n) is 1.14. The predicted molar refractivity (Wildman–Crippen MR) is 45.0 cm³/mol. The van der Waals surface area contributed by atoms with E-state index in [4.69, 9.17) is 0 Å². The van der Waals surface area contributed by atoms with Crippen LogP contribution in [0.3, 0.4) is 0 Å². The number of aliphatic hydroxyl groups is 1. The van der Waals surface area contributed by atoms with Crippen molar-refractivity contribution in [3.05, 3.63) is 35.6 Å². The molecule has 0 aromatic heterocycles. The zero-order valence-corrected chi connectivity index (χ0v) is 6.81. The first kappa shape index (κ1) is 9.02. The zero-order valence-electron chi connectivity index (χ0n) is 6.81. The Labute approximate surface area is 62.4 Å². The Morgan fingerprint density at radius 2 is 1.80 bits per heavy atom. The molecule has 0 fully saturated rings. The Bertz CT molecular complexity index is 181. The summed E-state index contributed by atoms with van der Waals surface area (Å²) in [5.74, 6) is 0.301. The van der Waals surface area contributed by atoms with Crippen molar-refractivity contribution in [2.24, 2.45) is 0 Å². The molecule has 0 radical (unpaired) electrons. The van der Waals surface area contributed by atoms with Crippen LogP contribution in [0.25, 0.3) is 0 Å². The van der Waals surface area contributed by atoms with Gasteiger partial charge in [0.15, 0.2) is 0 Å². The van der Waals surface area contributed by atoms with E-state index >= 15 is 0 Å². The summed E-state index contributed by atoms with van der Waals surface area (Å²) in [6.45, 7) is 9.24. The fraction of sp³-hybridized carbons (Fsp3) is 0.333. The van der Waals surface area contributed by atoms with Gasteiger partial charge in [0.05, 0.1) is 0 Å². The Morgan fingerprint density at radius 1 is 1.30 bits per heavy atom. The van der Waals surface area contributed by atoms with Crippen LogP contribution in [0.4, 0.5) is 0 Å². The SMILES string of the molecule is C=C/C(C)=C(/O)C=C(C)C. The van der Waals surface area contributed by atoms with E-state index in [9.17, 15) is 5.11 Å². The smallest absolute Gasteiger partial charge is 0.118 e. The van der Waals surface area contributed by atoms with Gasteiger partial charge in [-0.1, -0.05) is 18.2 Å². The normalized spacial score (nSPS) is 11.9. The molecule has 0 aliphatic carbocycles. The van der Waals surface area contributed by atoms with E-state index in [1.54, 1.807) is 12.2 Å². The third-order valence-corrected chi connectivity index (χ3v) is 1.14. The topological polar surface area (TPSA) is 20.2 Å². The Morgan fingerprint density at radius 3 is 2.10 bits per heavy atom. The van der Waals surface area contributed by atoms with Gasteiger partial charge in [-0.2, -0.15) is 0 Å². The summed E-state index contributed by atoms with van der Waals surface area (Å²) in [4.78, 5) is 0. The highest BCUT2D eigenvalue weighted by molar-refractivity contribution is 5.26. The minimum absolute atomic E-state index is 0.301. The van der Waals surface area contributed by atoms with Crippen LogP contribution in [0, 0.1) is 0 Å². The van der Waals surface area contributed by atoms with Gasteiger partial charge >= 0.3 is 0 Å². The van der Waals surface area contributed by atoms with E-state index in [-0.39, 0.29) is 0 Å². The van der Waals surface area contributed by atoms with Crippen LogP contribution in [0.15, 0.2) is 35.6 Å². The van der Waals surface area contributed by atoms with Crippen molar-refractivity contribution in [1.29, 1.82) is 0 Å². The summed E-state index contributed by atoms with van der Waals surface area (Å²) in [6, 6.07) is 0. The molecule has 1 heteroatoms. The average molecular weight is 138 g/mol. The van der Waals surface area contributed by atoms with Crippen molar-refractivity contribution < 1.29 is 5.11 Å². The van der Waals surface area contributed by atoms with Crippen LogP contribution in [0.5, 0.6) is 0 Å². The number of aliphatic hydroxyl groups excluding tert-OH is 1. The molecule has 0 heterocycles. The summed E-state index contributed by atoms with van der Waals surface area (Å²) in [5, 5.41) is 9.22. The molecule has 0 rings (SSSR count). The molecule has 0 saturated heterocycles. The fourth-order valence-electron chi connectivity index (χ4n) is 0.492. The molecule has 1 N–H and O–H groups in total. The Kier molecular flexibility index (Phi) is 3.55. The van der Waals surface area contributed by atoms with Gasteiger partial charge in [-0.05, 0) is 32.4 Å². The molecule has 0 aromatic carbocycles. The van der Waals surface area contributed by atoms with E-state index in [2.05, 4.69) is 6.58 Å². The van der Waals surface area contributed by atoms with Crippen LogP contribution >= 0.6 is 0 Å². The molecule has 0 aliphatic rings.